The van der Waals surface area contributed by atoms with Crippen LogP contribution in [0.2, 0.25) is 10.0 Å². The molecular formula is C28H27Cl2FN4OS. The Balaban J connectivity index is 1.78. The molecule has 37 heavy (non-hydrogen) atoms. The van der Waals surface area contributed by atoms with E-state index in [1.54, 1.807) is 35.2 Å². The second kappa shape index (κ2) is 11.5. The van der Waals surface area contributed by atoms with Gasteiger partial charge in [0.15, 0.2) is 5.11 Å². The molecule has 192 valence electrons. The largest absolute Gasteiger partial charge is 0.372 e. The van der Waals surface area contributed by atoms with Crippen LogP contribution in [0.4, 0.5) is 21.5 Å². The Hall–Kier alpha value is -3.13. The van der Waals surface area contributed by atoms with Crippen molar-refractivity contribution in [3.8, 4) is 0 Å². The van der Waals surface area contributed by atoms with Gasteiger partial charge in [-0.05, 0) is 93.1 Å². The van der Waals surface area contributed by atoms with E-state index in [1.165, 1.54) is 12.1 Å². The van der Waals surface area contributed by atoms with Gasteiger partial charge in [-0.1, -0.05) is 35.3 Å². The van der Waals surface area contributed by atoms with E-state index in [0.717, 1.165) is 24.3 Å². The van der Waals surface area contributed by atoms with Crippen LogP contribution in [-0.4, -0.2) is 24.1 Å². The number of carbonyl (C=O) groups excluding carboxylic acids is 1. The quantitative estimate of drug-likeness (QED) is 0.298. The van der Waals surface area contributed by atoms with Crippen LogP contribution in [0.3, 0.4) is 0 Å². The average Bonchev–Trinajstić information content (AvgIpc) is 2.88. The Kier molecular flexibility index (Phi) is 8.37. The lowest BCUT2D eigenvalue weighted by atomic mass is 9.93. The first kappa shape index (κ1) is 26.9. The summed E-state index contributed by atoms with van der Waals surface area (Å²) in [5, 5.41) is 7.20. The summed E-state index contributed by atoms with van der Waals surface area (Å²) < 4.78 is 13.9. The maximum atomic E-state index is 13.9. The molecule has 0 bridgehead atoms. The summed E-state index contributed by atoms with van der Waals surface area (Å²) in [7, 11) is 0. The first-order valence-electron chi connectivity index (χ1n) is 11.9. The van der Waals surface area contributed by atoms with Crippen LogP contribution in [0.15, 0.2) is 78.0 Å². The number of rotatable bonds is 7. The third kappa shape index (κ3) is 5.74. The standard InChI is InChI=1S/C28H27Cl2FN4OS/c1-4-34(5-2)21-12-6-18(7-13-21)26-25(27(36)32-20-10-8-19(29)9-11-20)17(3)35(28(37)33-26)22-14-15-24(31)23(30)16-22/h6-16,26H,4-5H2,1-3H3,(H,32,36)(H,33,37)/t26-/m1/s1. The molecule has 1 aliphatic rings. The number of amides is 1. The molecule has 1 heterocycles. The molecule has 3 aromatic rings. The van der Waals surface area contributed by atoms with Crippen LogP contribution in [0, 0.1) is 5.82 Å². The Morgan fingerprint density at radius 3 is 2.30 bits per heavy atom. The topological polar surface area (TPSA) is 47.6 Å². The molecule has 0 aliphatic carbocycles. The molecule has 5 nitrogen and oxygen atoms in total. The van der Waals surface area contributed by atoms with Gasteiger partial charge in [-0.3, -0.25) is 9.69 Å². The lowest BCUT2D eigenvalue weighted by Gasteiger charge is -2.38. The van der Waals surface area contributed by atoms with Crippen LogP contribution >= 0.6 is 35.4 Å². The Bertz CT molecular complexity index is 1340. The van der Waals surface area contributed by atoms with Crippen LogP contribution in [0.5, 0.6) is 0 Å². The van der Waals surface area contributed by atoms with E-state index < -0.39 is 11.9 Å². The van der Waals surface area contributed by atoms with Crippen molar-refractivity contribution in [3.05, 3.63) is 99.4 Å². The molecule has 0 aromatic heterocycles. The van der Waals surface area contributed by atoms with Crippen molar-refractivity contribution in [2.24, 2.45) is 0 Å². The van der Waals surface area contributed by atoms with Gasteiger partial charge in [-0.25, -0.2) is 4.39 Å². The highest BCUT2D eigenvalue weighted by molar-refractivity contribution is 7.80. The Morgan fingerprint density at radius 2 is 1.70 bits per heavy atom. The van der Waals surface area contributed by atoms with Gasteiger partial charge in [0.25, 0.3) is 5.91 Å². The predicted octanol–water partition coefficient (Wildman–Crippen LogP) is 7.33. The zero-order valence-corrected chi connectivity index (χ0v) is 23.0. The SMILES string of the molecule is CCN(CC)c1ccc([C@H]2NC(=S)N(c3ccc(F)c(Cl)c3)C(C)=C2C(=O)Nc2ccc(Cl)cc2)cc1. The van der Waals surface area contributed by atoms with Gasteiger partial charge in [-0.15, -0.1) is 0 Å². The molecular weight excluding hydrogens is 530 g/mol. The van der Waals surface area contributed by atoms with Crippen molar-refractivity contribution in [2.45, 2.75) is 26.8 Å². The van der Waals surface area contributed by atoms with Crippen molar-refractivity contribution in [1.29, 1.82) is 0 Å². The summed E-state index contributed by atoms with van der Waals surface area (Å²) in [4.78, 5) is 17.7. The fraction of sp³-hybridized carbons (Fsp3) is 0.214. The summed E-state index contributed by atoms with van der Waals surface area (Å²) >= 11 is 17.8. The number of benzene rings is 3. The van der Waals surface area contributed by atoms with Gasteiger partial charge in [0.2, 0.25) is 0 Å². The number of anilines is 3. The van der Waals surface area contributed by atoms with E-state index in [0.29, 0.717) is 32.8 Å². The van der Waals surface area contributed by atoms with Gasteiger partial charge in [0, 0.05) is 40.9 Å². The molecule has 0 saturated heterocycles. The summed E-state index contributed by atoms with van der Waals surface area (Å²) in [6.45, 7) is 7.83. The Morgan fingerprint density at radius 1 is 1.05 bits per heavy atom. The first-order valence-corrected chi connectivity index (χ1v) is 13.1. The Labute approximate surface area is 231 Å². The number of hydrogen-bond donors (Lipinski definition) is 2. The average molecular weight is 558 g/mol. The molecule has 0 unspecified atom stereocenters. The predicted molar refractivity (Wildman–Crippen MR) is 155 cm³/mol. The van der Waals surface area contributed by atoms with Crippen LogP contribution in [-0.2, 0) is 4.79 Å². The fourth-order valence-corrected chi connectivity index (χ4v) is 5.08. The number of allylic oxidation sites excluding steroid dienone is 1. The number of carbonyl (C=O) groups is 1. The number of nitrogens with one attached hydrogen (secondary N) is 2. The highest BCUT2D eigenvalue weighted by Gasteiger charge is 2.35. The summed E-state index contributed by atoms with van der Waals surface area (Å²) in [6.07, 6.45) is 0. The third-order valence-corrected chi connectivity index (χ3v) is 7.19. The van der Waals surface area contributed by atoms with Crippen molar-refractivity contribution < 1.29 is 9.18 Å². The van der Waals surface area contributed by atoms with Gasteiger partial charge >= 0.3 is 0 Å². The lowest BCUT2D eigenvalue weighted by molar-refractivity contribution is -0.113. The number of thiocarbonyl (C=S) groups is 1. The zero-order chi connectivity index (χ0) is 26.7. The van der Waals surface area contributed by atoms with Gasteiger partial charge in [0.1, 0.15) is 5.82 Å². The minimum absolute atomic E-state index is 0.0330. The van der Waals surface area contributed by atoms with Crippen LogP contribution < -0.4 is 20.4 Å². The number of halogens is 3. The highest BCUT2D eigenvalue weighted by Crippen LogP contribution is 2.36. The smallest absolute Gasteiger partial charge is 0.255 e. The van der Waals surface area contributed by atoms with E-state index in [4.69, 9.17) is 35.4 Å². The zero-order valence-electron chi connectivity index (χ0n) is 20.7. The number of nitrogens with zero attached hydrogens (tertiary/aromatic N) is 2. The molecule has 3 aromatic carbocycles. The second-order valence-electron chi connectivity index (χ2n) is 8.54. The van der Waals surface area contributed by atoms with Crippen molar-refractivity contribution in [3.63, 3.8) is 0 Å². The molecule has 0 spiro atoms. The summed E-state index contributed by atoms with van der Waals surface area (Å²) in [5.41, 5.74) is 4.22. The third-order valence-electron chi connectivity index (χ3n) is 6.35. The molecule has 9 heteroatoms. The van der Waals surface area contributed by atoms with Gasteiger partial charge in [-0.2, -0.15) is 0 Å². The molecule has 0 radical (unpaired) electrons. The minimum atomic E-state index is -0.533. The fourth-order valence-electron chi connectivity index (χ4n) is 4.42. The molecule has 1 atom stereocenters. The maximum absolute atomic E-state index is 13.9. The van der Waals surface area contributed by atoms with Gasteiger partial charge in [0.05, 0.1) is 16.6 Å². The molecule has 4 rings (SSSR count). The number of hydrogen-bond acceptors (Lipinski definition) is 3. The van der Waals surface area contributed by atoms with E-state index in [9.17, 15) is 9.18 Å². The van der Waals surface area contributed by atoms with Crippen molar-refractivity contribution in [1.82, 2.24) is 5.32 Å². The highest BCUT2D eigenvalue weighted by atomic mass is 35.5. The summed E-state index contributed by atoms with van der Waals surface area (Å²) in [5.74, 6) is -0.833. The van der Waals surface area contributed by atoms with E-state index in [-0.39, 0.29) is 10.9 Å². The van der Waals surface area contributed by atoms with Crippen molar-refractivity contribution in [2.75, 3.05) is 28.2 Å². The molecule has 2 N–H and O–H groups in total. The molecule has 1 amide bonds. The second-order valence-corrected chi connectivity index (χ2v) is 9.77. The molecule has 0 saturated carbocycles. The van der Waals surface area contributed by atoms with Crippen LogP contribution in [0.25, 0.3) is 0 Å². The van der Waals surface area contributed by atoms with Gasteiger partial charge < -0.3 is 15.5 Å². The molecule has 1 aliphatic heterocycles. The maximum Gasteiger partial charge on any atom is 0.255 e. The first-order chi connectivity index (χ1) is 17.7. The van der Waals surface area contributed by atoms with E-state index in [1.807, 2.05) is 31.2 Å². The molecule has 0 fully saturated rings. The van der Waals surface area contributed by atoms with E-state index in [2.05, 4.69) is 29.4 Å². The minimum Gasteiger partial charge on any atom is -0.372 e. The monoisotopic (exact) mass is 556 g/mol. The lowest BCUT2D eigenvalue weighted by Crippen LogP contribution is -2.48. The normalized spacial score (nSPS) is 15.5. The van der Waals surface area contributed by atoms with Crippen molar-refractivity contribution >= 4 is 63.5 Å². The van der Waals surface area contributed by atoms with E-state index >= 15 is 0 Å². The van der Waals surface area contributed by atoms with Crippen LogP contribution in [0.1, 0.15) is 32.4 Å². The summed E-state index contributed by atoms with van der Waals surface area (Å²) in [6, 6.07) is 18.8.